The topological polar surface area (TPSA) is 106 Å². The van der Waals surface area contributed by atoms with Crippen LogP contribution < -0.4 is 4.74 Å². The molecule has 1 aromatic rings. The number of nitrogens with zero attached hydrogens (tertiary/aromatic N) is 3. The molecule has 1 heterocycles. The van der Waals surface area contributed by atoms with E-state index in [-0.39, 0.29) is 30.3 Å². The summed E-state index contributed by atoms with van der Waals surface area (Å²) in [6.07, 6.45) is 0. The summed E-state index contributed by atoms with van der Waals surface area (Å²) >= 11 is 0. The molecule has 128 valence electrons. The highest BCUT2D eigenvalue weighted by molar-refractivity contribution is 5.74. The van der Waals surface area contributed by atoms with Crippen molar-refractivity contribution in [3.63, 3.8) is 0 Å². The average molecular weight is 327 g/mol. The van der Waals surface area contributed by atoms with Crippen molar-refractivity contribution in [2.24, 2.45) is 0 Å². The fourth-order valence-corrected chi connectivity index (χ4v) is 2.28. The zero-order valence-corrected chi connectivity index (χ0v) is 12.7. The maximum absolute atomic E-state index is 11.9. The lowest BCUT2D eigenvalue weighted by Gasteiger charge is -2.33. The molecule has 0 saturated carbocycles. The van der Waals surface area contributed by atoms with Crippen molar-refractivity contribution in [1.82, 2.24) is 15.2 Å². The second-order valence-electron chi connectivity index (χ2n) is 5.17. The summed E-state index contributed by atoms with van der Waals surface area (Å²) in [5, 5.41) is 25.7. The quantitative estimate of drug-likeness (QED) is 0.360. The number of ether oxygens (including phenoxy) is 1. The van der Waals surface area contributed by atoms with Gasteiger partial charge in [-0.05, 0) is 24.3 Å². The van der Waals surface area contributed by atoms with Crippen LogP contribution in [0.2, 0.25) is 0 Å². The Kier molecular flexibility index (Phi) is 6.71. The fourth-order valence-electron chi connectivity index (χ4n) is 2.28. The number of hydrogen-bond donors (Lipinski definition) is 3. The molecule has 1 aliphatic rings. The van der Waals surface area contributed by atoms with Crippen LogP contribution in [-0.4, -0.2) is 82.6 Å². The number of carbonyl (C=O) groups is 1. The molecule has 0 unspecified atom stereocenters. The van der Waals surface area contributed by atoms with Crippen LogP contribution in [0.15, 0.2) is 24.3 Å². The summed E-state index contributed by atoms with van der Waals surface area (Å²) < 4.78 is 5.20. The van der Waals surface area contributed by atoms with E-state index in [0.717, 1.165) is 13.1 Å². The highest BCUT2D eigenvalue weighted by atomic mass is 17.1. The second kappa shape index (κ2) is 8.77. The average Bonchev–Trinajstić information content (AvgIpc) is 2.51. The molecule has 2 rings (SSSR count). The Hall–Kier alpha value is -1.75. The van der Waals surface area contributed by atoms with E-state index in [0.29, 0.717) is 25.4 Å². The number of phenolic OH excluding ortho intramolecular Hbond substituents is 1. The standard InChI is InChI=1S/C14H21N3O6/c18-12-1-3-13(4-2-12)23-14(19)11-16-7-5-15(6-8-16)9-10-22-17(20)21/h1-4,18,20-21H,5-11H2. The number of carbonyl (C=O) groups excluding carboxylic acids is 1. The lowest BCUT2D eigenvalue weighted by Crippen LogP contribution is -2.49. The second-order valence-corrected chi connectivity index (χ2v) is 5.17. The van der Waals surface area contributed by atoms with Crippen molar-refractivity contribution in [2.75, 3.05) is 45.9 Å². The fraction of sp³-hybridized carbons (Fsp3) is 0.500. The SMILES string of the molecule is O=C(CN1CCN(CCON(O)O)CC1)Oc1ccc(O)cc1. The van der Waals surface area contributed by atoms with E-state index >= 15 is 0 Å². The summed E-state index contributed by atoms with van der Waals surface area (Å²) in [4.78, 5) is 20.5. The predicted octanol–water partition coefficient (Wildman–Crippen LogP) is -0.0728. The van der Waals surface area contributed by atoms with Crippen molar-refractivity contribution >= 4 is 5.97 Å². The van der Waals surface area contributed by atoms with Gasteiger partial charge in [-0.3, -0.25) is 25.0 Å². The van der Waals surface area contributed by atoms with E-state index < -0.39 is 0 Å². The molecule has 9 nitrogen and oxygen atoms in total. The first-order valence-electron chi connectivity index (χ1n) is 7.28. The van der Waals surface area contributed by atoms with Crippen LogP contribution >= 0.6 is 0 Å². The largest absolute Gasteiger partial charge is 0.508 e. The summed E-state index contributed by atoms with van der Waals surface area (Å²) in [5.41, 5.74) is 0. The van der Waals surface area contributed by atoms with Crippen LogP contribution in [-0.2, 0) is 9.63 Å². The van der Waals surface area contributed by atoms with E-state index in [9.17, 15) is 9.90 Å². The van der Waals surface area contributed by atoms with Crippen molar-refractivity contribution in [3.05, 3.63) is 24.3 Å². The van der Waals surface area contributed by atoms with Crippen molar-refractivity contribution in [3.8, 4) is 11.5 Å². The Labute approximate surface area is 133 Å². The van der Waals surface area contributed by atoms with Crippen LogP contribution in [0, 0.1) is 0 Å². The van der Waals surface area contributed by atoms with Crippen LogP contribution in [0.1, 0.15) is 0 Å². The van der Waals surface area contributed by atoms with Gasteiger partial charge in [0.2, 0.25) is 0 Å². The van der Waals surface area contributed by atoms with E-state index in [2.05, 4.69) is 9.74 Å². The van der Waals surface area contributed by atoms with Gasteiger partial charge in [0.25, 0.3) is 0 Å². The van der Waals surface area contributed by atoms with Gasteiger partial charge >= 0.3 is 5.97 Å². The lowest BCUT2D eigenvalue weighted by atomic mass is 10.3. The third kappa shape index (κ3) is 6.48. The predicted molar refractivity (Wildman–Crippen MR) is 78.0 cm³/mol. The zero-order valence-electron chi connectivity index (χ0n) is 12.7. The minimum absolute atomic E-state index is 0.121. The Balaban J connectivity index is 1.65. The number of rotatable bonds is 7. The van der Waals surface area contributed by atoms with Gasteiger partial charge in [0.05, 0.1) is 18.5 Å². The van der Waals surface area contributed by atoms with Crippen LogP contribution in [0.5, 0.6) is 11.5 Å². The molecule has 0 atom stereocenters. The molecule has 0 amide bonds. The molecule has 1 saturated heterocycles. The van der Waals surface area contributed by atoms with Crippen LogP contribution in [0.4, 0.5) is 0 Å². The maximum atomic E-state index is 11.9. The van der Waals surface area contributed by atoms with Crippen LogP contribution in [0.3, 0.4) is 0 Å². The first kappa shape index (κ1) is 17.6. The minimum atomic E-state index is -0.344. The molecule has 1 aliphatic heterocycles. The summed E-state index contributed by atoms with van der Waals surface area (Å²) in [6, 6.07) is 6.00. The zero-order chi connectivity index (χ0) is 16.7. The molecule has 9 heteroatoms. The highest BCUT2D eigenvalue weighted by Gasteiger charge is 2.19. The van der Waals surface area contributed by atoms with E-state index in [1.807, 2.05) is 4.90 Å². The van der Waals surface area contributed by atoms with Gasteiger partial charge in [-0.2, -0.15) is 0 Å². The molecule has 1 aromatic carbocycles. The van der Waals surface area contributed by atoms with E-state index in [4.69, 9.17) is 15.2 Å². The van der Waals surface area contributed by atoms with Crippen molar-refractivity contribution in [2.45, 2.75) is 0 Å². The number of phenols is 1. The first-order chi connectivity index (χ1) is 11.0. The van der Waals surface area contributed by atoms with Gasteiger partial charge in [-0.15, -0.1) is 0 Å². The molecule has 0 spiro atoms. The molecule has 0 radical (unpaired) electrons. The number of esters is 1. The van der Waals surface area contributed by atoms with Gasteiger partial charge in [0.1, 0.15) is 11.5 Å². The normalized spacial score (nSPS) is 16.7. The molecular formula is C14H21N3O6. The number of benzene rings is 1. The highest BCUT2D eigenvalue weighted by Crippen LogP contribution is 2.16. The molecule has 23 heavy (non-hydrogen) atoms. The number of aromatic hydroxyl groups is 1. The Morgan fingerprint density at radius 3 is 2.30 bits per heavy atom. The Morgan fingerprint density at radius 1 is 1.09 bits per heavy atom. The van der Waals surface area contributed by atoms with Gasteiger partial charge in [0, 0.05) is 32.7 Å². The lowest BCUT2D eigenvalue weighted by molar-refractivity contribution is -0.492. The molecule has 0 aliphatic carbocycles. The van der Waals surface area contributed by atoms with Crippen molar-refractivity contribution < 1.29 is 29.9 Å². The third-order valence-corrected chi connectivity index (χ3v) is 3.50. The molecule has 1 fully saturated rings. The molecule has 0 aromatic heterocycles. The minimum Gasteiger partial charge on any atom is -0.508 e. The number of hydrogen-bond acceptors (Lipinski definition) is 9. The molecular weight excluding hydrogens is 306 g/mol. The summed E-state index contributed by atoms with van der Waals surface area (Å²) in [7, 11) is 0. The molecule has 3 N–H and O–H groups in total. The van der Waals surface area contributed by atoms with Gasteiger partial charge in [-0.1, -0.05) is 0 Å². The van der Waals surface area contributed by atoms with E-state index in [1.54, 1.807) is 0 Å². The maximum Gasteiger partial charge on any atom is 0.325 e. The molecule has 0 bridgehead atoms. The Bertz CT molecular complexity index is 488. The third-order valence-electron chi connectivity index (χ3n) is 3.50. The van der Waals surface area contributed by atoms with Crippen molar-refractivity contribution in [1.29, 1.82) is 0 Å². The monoisotopic (exact) mass is 327 g/mol. The van der Waals surface area contributed by atoms with Gasteiger partial charge in [-0.25, -0.2) is 4.84 Å². The summed E-state index contributed by atoms with van der Waals surface area (Å²) in [6.45, 7) is 3.89. The van der Waals surface area contributed by atoms with E-state index in [1.165, 1.54) is 24.3 Å². The summed E-state index contributed by atoms with van der Waals surface area (Å²) in [5.74, 6) is 0.181. The Morgan fingerprint density at radius 2 is 1.70 bits per heavy atom. The van der Waals surface area contributed by atoms with Gasteiger partial charge in [0.15, 0.2) is 0 Å². The van der Waals surface area contributed by atoms with Gasteiger partial charge < -0.3 is 9.84 Å². The first-order valence-corrected chi connectivity index (χ1v) is 7.28. The number of piperazine rings is 1. The van der Waals surface area contributed by atoms with Crippen LogP contribution in [0.25, 0.3) is 0 Å². The smallest absolute Gasteiger partial charge is 0.325 e.